The molecule has 1 aliphatic rings. The number of hydrogen-bond acceptors (Lipinski definition) is 2. The van der Waals surface area contributed by atoms with E-state index < -0.39 is 0 Å². The van der Waals surface area contributed by atoms with E-state index in [9.17, 15) is 4.79 Å². The molecule has 4 heteroatoms. The Hall–Kier alpha value is 1.23. The van der Waals surface area contributed by atoms with Crippen molar-refractivity contribution in [3.05, 3.63) is 5.32 Å². The standard InChI is InChI=1S/C7H12NO2.2C2H6.K/c1-5(9)7-6(10-2)3-4-8-7;2*1-2;/h6-7H,3-4H2,1-2H3;2*1-2H3;/q-1;;;+1. The quantitative estimate of drug-likeness (QED) is 0.628. The molecule has 0 aliphatic carbocycles. The second-order valence-corrected chi connectivity index (χ2v) is 2.52. The fourth-order valence-corrected chi connectivity index (χ4v) is 1.25. The van der Waals surface area contributed by atoms with Gasteiger partial charge in [0.2, 0.25) is 0 Å². The average molecular weight is 241 g/mol. The van der Waals surface area contributed by atoms with Crippen LogP contribution in [0.2, 0.25) is 0 Å². The molecule has 1 aliphatic heterocycles. The van der Waals surface area contributed by atoms with E-state index in [2.05, 4.69) is 5.32 Å². The predicted molar refractivity (Wildman–Crippen MR) is 60.8 cm³/mol. The van der Waals surface area contributed by atoms with Crippen molar-refractivity contribution >= 4 is 5.78 Å². The fourth-order valence-electron chi connectivity index (χ4n) is 1.25. The van der Waals surface area contributed by atoms with Gasteiger partial charge in [0.05, 0.1) is 0 Å². The van der Waals surface area contributed by atoms with Crippen molar-refractivity contribution in [1.29, 1.82) is 0 Å². The van der Waals surface area contributed by atoms with Crippen LogP contribution in [-0.2, 0) is 9.53 Å². The first-order valence-corrected chi connectivity index (χ1v) is 5.45. The molecule has 2 atom stereocenters. The number of methoxy groups -OCH3 is 1. The third kappa shape index (κ3) is 8.98. The van der Waals surface area contributed by atoms with Crippen molar-refractivity contribution in [2.45, 2.75) is 53.2 Å². The van der Waals surface area contributed by atoms with Crippen LogP contribution in [-0.4, -0.2) is 31.6 Å². The fraction of sp³-hybridized carbons (Fsp3) is 0.909. The largest absolute Gasteiger partial charge is 1.00 e. The maximum atomic E-state index is 10.8. The van der Waals surface area contributed by atoms with Crippen molar-refractivity contribution < 1.29 is 60.9 Å². The second-order valence-electron chi connectivity index (χ2n) is 2.52. The van der Waals surface area contributed by atoms with Crippen LogP contribution in [0.1, 0.15) is 41.0 Å². The number of hydrogen-bond donors (Lipinski definition) is 0. The van der Waals surface area contributed by atoms with E-state index in [-0.39, 0.29) is 69.3 Å². The number of carbonyl (C=O) groups excluding carboxylic acids is 1. The molecule has 86 valence electrons. The van der Waals surface area contributed by atoms with Crippen molar-refractivity contribution in [3.63, 3.8) is 0 Å². The summed E-state index contributed by atoms with van der Waals surface area (Å²) in [6.07, 6.45) is 0.929. The number of rotatable bonds is 2. The first-order valence-electron chi connectivity index (χ1n) is 5.45. The van der Waals surface area contributed by atoms with Gasteiger partial charge in [-0.3, -0.25) is 0 Å². The summed E-state index contributed by atoms with van der Waals surface area (Å²) in [4.78, 5) is 10.8. The normalized spacial score (nSPS) is 22.5. The van der Waals surface area contributed by atoms with E-state index in [1.807, 2.05) is 27.7 Å². The van der Waals surface area contributed by atoms with Gasteiger partial charge in [-0.2, -0.15) is 0 Å². The van der Waals surface area contributed by atoms with Gasteiger partial charge in [0.15, 0.2) is 0 Å². The Balaban J connectivity index is -0.000000258. The summed E-state index contributed by atoms with van der Waals surface area (Å²) in [5.74, 6) is 0.115. The minimum absolute atomic E-state index is 0. The van der Waals surface area contributed by atoms with E-state index >= 15 is 0 Å². The van der Waals surface area contributed by atoms with Crippen LogP contribution in [0.15, 0.2) is 0 Å². The molecule has 3 nitrogen and oxygen atoms in total. The maximum absolute atomic E-state index is 10.8. The Labute approximate surface area is 137 Å². The summed E-state index contributed by atoms with van der Waals surface area (Å²) >= 11 is 0. The number of nitrogens with zero attached hydrogens (tertiary/aromatic N) is 1. The average Bonchev–Trinajstić information content (AvgIpc) is 2.71. The van der Waals surface area contributed by atoms with Gasteiger partial charge in [-0.15, -0.1) is 6.54 Å². The number of ether oxygens (including phenoxy) is 1. The smallest absolute Gasteiger partial charge is 0.651 e. The monoisotopic (exact) mass is 241 g/mol. The second kappa shape index (κ2) is 15.2. The Bertz CT molecular complexity index is 143. The zero-order chi connectivity index (χ0) is 11.6. The molecular weight excluding hydrogens is 217 g/mol. The maximum Gasteiger partial charge on any atom is 1.00 e. The predicted octanol–water partition coefficient (Wildman–Crippen LogP) is -0.207. The zero-order valence-electron chi connectivity index (χ0n) is 11.3. The van der Waals surface area contributed by atoms with Gasteiger partial charge in [0.25, 0.3) is 0 Å². The Morgan fingerprint density at radius 1 is 1.27 bits per heavy atom. The van der Waals surface area contributed by atoms with Crippen LogP contribution in [0, 0.1) is 0 Å². The van der Waals surface area contributed by atoms with Crippen LogP contribution in [0.3, 0.4) is 0 Å². The first kappa shape index (κ1) is 21.5. The molecule has 0 amide bonds. The number of ketones is 1. The molecule has 0 N–H and O–H groups in total. The van der Waals surface area contributed by atoms with E-state index in [0.717, 1.165) is 13.0 Å². The molecule has 0 aromatic heterocycles. The molecule has 0 saturated carbocycles. The van der Waals surface area contributed by atoms with Crippen molar-refractivity contribution in [2.75, 3.05) is 13.7 Å². The molecule has 1 fully saturated rings. The van der Waals surface area contributed by atoms with Crippen molar-refractivity contribution in [3.8, 4) is 0 Å². The molecule has 0 aromatic carbocycles. The number of carbonyl (C=O) groups is 1. The summed E-state index contributed by atoms with van der Waals surface area (Å²) in [5, 5.41) is 4.11. The van der Waals surface area contributed by atoms with E-state index in [4.69, 9.17) is 4.74 Å². The Morgan fingerprint density at radius 3 is 2.00 bits per heavy atom. The molecule has 0 radical (unpaired) electrons. The van der Waals surface area contributed by atoms with Crippen LogP contribution < -0.4 is 51.4 Å². The third-order valence-electron chi connectivity index (χ3n) is 1.81. The molecule has 1 heterocycles. The topological polar surface area (TPSA) is 40.4 Å². The van der Waals surface area contributed by atoms with Gasteiger partial charge in [0.1, 0.15) is 5.78 Å². The minimum atomic E-state index is -0.190. The SMILES string of the molecule is CC.CC.COC1CC[N-]C1C(C)=O.[K+]. The molecule has 0 bridgehead atoms. The zero-order valence-corrected chi connectivity index (χ0v) is 14.5. The molecule has 0 aromatic rings. The van der Waals surface area contributed by atoms with E-state index in [1.165, 1.54) is 0 Å². The minimum Gasteiger partial charge on any atom is -0.651 e. The Morgan fingerprint density at radius 2 is 1.73 bits per heavy atom. The molecule has 0 spiro atoms. The van der Waals surface area contributed by atoms with Gasteiger partial charge in [-0.25, -0.2) is 0 Å². The third-order valence-corrected chi connectivity index (χ3v) is 1.81. The molecule has 1 saturated heterocycles. The molecule has 1 rings (SSSR count). The van der Waals surface area contributed by atoms with Crippen LogP contribution in [0.25, 0.3) is 5.32 Å². The van der Waals surface area contributed by atoms with Crippen molar-refractivity contribution in [2.24, 2.45) is 0 Å². The van der Waals surface area contributed by atoms with E-state index in [0.29, 0.717) is 0 Å². The summed E-state index contributed by atoms with van der Waals surface area (Å²) in [6.45, 7) is 10.3. The summed E-state index contributed by atoms with van der Waals surface area (Å²) in [5.41, 5.74) is 0. The van der Waals surface area contributed by atoms with Crippen LogP contribution in [0.4, 0.5) is 0 Å². The number of Topliss-reactive ketones (excluding diaryl/α,β-unsaturated/α-hetero) is 1. The molecule has 2 unspecified atom stereocenters. The Kier molecular flexibility index (Phi) is 21.8. The molecule has 15 heavy (non-hydrogen) atoms. The van der Waals surface area contributed by atoms with Gasteiger partial charge < -0.3 is 14.8 Å². The van der Waals surface area contributed by atoms with E-state index in [1.54, 1.807) is 14.0 Å². The van der Waals surface area contributed by atoms with Gasteiger partial charge >= 0.3 is 51.4 Å². The first-order chi connectivity index (χ1) is 6.75. The summed E-state index contributed by atoms with van der Waals surface area (Å²) in [7, 11) is 1.63. The summed E-state index contributed by atoms with van der Waals surface area (Å²) in [6, 6.07) is -0.190. The summed E-state index contributed by atoms with van der Waals surface area (Å²) < 4.78 is 5.07. The van der Waals surface area contributed by atoms with Crippen molar-refractivity contribution in [1.82, 2.24) is 0 Å². The van der Waals surface area contributed by atoms with Crippen LogP contribution in [0.5, 0.6) is 0 Å². The van der Waals surface area contributed by atoms with Gasteiger partial charge in [-0.05, 0) is 19.4 Å². The van der Waals surface area contributed by atoms with Gasteiger partial charge in [-0.1, -0.05) is 27.7 Å². The van der Waals surface area contributed by atoms with Crippen LogP contribution >= 0.6 is 0 Å². The molecular formula is C11H24KNO2. The van der Waals surface area contributed by atoms with Gasteiger partial charge in [0, 0.05) is 13.2 Å².